The molecular formula is C16H17N3O2. The minimum Gasteiger partial charge on any atom is -0.340 e. The van der Waals surface area contributed by atoms with E-state index in [0.717, 1.165) is 5.69 Å². The SMILES string of the molecule is CCC(=O)Nc1ccc(Nc2ccc(C(C)=O)cc2)nc1. The van der Waals surface area contributed by atoms with Crippen LogP contribution in [0.2, 0.25) is 0 Å². The number of pyridine rings is 1. The average Bonchev–Trinajstić information content (AvgIpc) is 2.49. The maximum absolute atomic E-state index is 11.3. The van der Waals surface area contributed by atoms with Crippen molar-refractivity contribution < 1.29 is 9.59 Å². The van der Waals surface area contributed by atoms with Crippen molar-refractivity contribution >= 4 is 28.9 Å². The van der Waals surface area contributed by atoms with Gasteiger partial charge in [0.2, 0.25) is 5.91 Å². The second kappa shape index (κ2) is 6.65. The zero-order valence-electron chi connectivity index (χ0n) is 12.0. The summed E-state index contributed by atoms with van der Waals surface area (Å²) >= 11 is 0. The molecule has 0 bridgehead atoms. The third-order valence-electron chi connectivity index (χ3n) is 2.93. The highest BCUT2D eigenvalue weighted by molar-refractivity contribution is 5.94. The third-order valence-corrected chi connectivity index (χ3v) is 2.93. The molecule has 1 aromatic heterocycles. The van der Waals surface area contributed by atoms with Crippen molar-refractivity contribution in [2.75, 3.05) is 10.6 Å². The van der Waals surface area contributed by atoms with Gasteiger partial charge in [-0.3, -0.25) is 9.59 Å². The molecule has 0 radical (unpaired) electrons. The van der Waals surface area contributed by atoms with Crippen molar-refractivity contribution in [1.82, 2.24) is 4.98 Å². The molecule has 0 saturated carbocycles. The van der Waals surface area contributed by atoms with Crippen molar-refractivity contribution in [3.8, 4) is 0 Å². The van der Waals surface area contributed by atoms with Crippen molar-refractivity contribution in [3.05, 3.63) is 48.2 Å². The summed E-state index contributed by atoms with van der Waals surface area (Å²) in [5.74, 6) is 0.660. The Morgan fingerprint density at radius 2 is 1.71 bits per heavy atom. The van der Waals surface area contributed by atoms with E-state index in [1.54, 1.807) is 37.4 Å². The van der Waals surface area contributed by atoms with E-state index in [1.807, 2.05) is 12.1 Å². The van der Waals surface area contributed by atoms with Gasteiger partial charge >= 0.3 is 0 Å². The molecule has 2 aromatic rings. The Hall–Kier alpha value is -2.69. The van der Waals surface area contributed by atoms with Gasteiger partial charge in [-0.05, 0) is 43.3 Å². The van der Waals surface area contributed by atoms with E-state index < -0.39 is 0 Å². The predicted octanol–water partition coefficient (Wildman–Crippen LogP) is 3.38. The maximum Gasteiger partial charge on any atom is 0.224 e. The van der Waals surface area contributed by atoms with Gasteiger partial charge in [-0.25, -0.2) is 4.98 Å². The number of aromatic nitrogens is 1. The fourth-order valence-electron chi connectivity index (χ4n) is 1.73. The maximum atomic E-state index is 11.3. The van der Waals surface area contributed by atoms with Gasteiger partial charge in [0.1, 0.15) is 5.82 Å². The number of amides is 1. The highest BCUT2D eigenvalue weighted by Crippen LogP contribution is 2.17. The Morgan fingerprint density at radius 3 is 2.24 bits per heavy atom. The highest BCUT2D eigenvalue weighted by Gasteiger charge is 2.02. The number of anilines is 3. The van der Waals surface area contributed by atoms with E-state index in [2.05, 4.69) is 15.6 Å². The van der Waals surface area contributed by atoms with Crippen LogP contribution in [0.25, 0.3) is 0 Å². The number of rotatable bonds is 5. The summed E-state index contributed by atoms with van der Waals surface area (Å²) < 4.78 is 0. The van der Waals surface area contributed by atoms with Crippen LogP contribution < -0.4 is 10.6 Å². The molecular weight excluding hydrogens is 266 g/mol. The molecule has 5 nitrogen and oxygen atoms in total. The number of Topliss-reactive ketones (excluding diaryl/α,β-unsaturated/α-hetero) is 1. The third kappa shape index (κ3) is 4.14. The van der Waals surface area contributed by atoms with E-state index in [9.17, 15) is 9.59 Å². The summed E-state index contributed by atoms with van der Waals surface area (Å²) in [5.41, 5.74) is 2.18. The van der Waals surface area contributed by atoms with Crippen molar-refractivity contribution in [1.29, 1.82) is 0 Å². The van der Waals surface area contributed by atoms with E-state index in [0.29, 0.717) is 23.5 Å². The summed E-state index contributed by atoms with van der Waals surface area (Å²) in [5, 5.41) is 5.87. The lowest BCUT2D eigenvalue weighted by Crippen LogP contribution is -2.09. The average molecular weight is 283 g/mol. The zero-order valence-corrected chi connectivity index (χ0v) is 12.0. The molecule has 0 spiro atoms. The minimum absolute atomic E-state index is 0.0377. The number of nitrogens with one attached hydrogen (secondary N) is 2. The number of ketones is 1. The normalized spacial score (nSPS) is 10.0. The van der Waals surface area contributed by atoms with E-state index in [1.165, 1.54) is 6.92 Å². The monoisotopic (exact) mass is 283 g/mol. The minimum atomic E-state index is -0.0441. The summed E-state index contributed by atoms with van der Waals surface area (Å²) in [6.45, 7) is 3.33. The largest absolute Gasteiger partial charge is 0.340 e. The first-order chi connectivity index (χ1) is 10.1. The van der Waals surface area contributed by atoms with Gasteiger partial charge in [0.25, 0.3) is 0 Å². The number of hydrogen-bond donors (Lipinski definition) is 2. The second-order valence-corrected chi connectivity index (χ2v) is 4.59. The molecule has 1 heterocycles. The van der Waals surface area contributed by atoms with Gasteiger partial charge in [-0.15, -0.1) is 0 Å². The van der Waals surface area contributed by atoms with E-state index in [4.69, 9.17) is 0 Å². The fraction of sp³-hybridized carbons (Fsp3) is 0.188. The van der Waals surface area contributed by atoms with Crippen LogP contribution in [0, 0.1) is 0 Å². The van der Waals surface area contributed by atoms with E-state index in [-0.39, 0.29) is 11.7 Å². The molecule has 0 aliphatic heterocycles. The van der Waals surface area contributed by atoms with Gasteiger partial charge in [0.05, 0.1) is 11.9 Å². The Kier molecular flexibility index (Phi) is 4.66. The van der Waals surface area contributed by atoms with Gasteiger partial charge in [-0.2, -0.15) is 0 Å². The molecule has 2 N–H and O–H groups in total. The number of hydrogen-bond acceptors (Lipinski definition) is 4. The molecule has 2 rings (SSSR count). The molecule has 0 saturated heterocycles. The molecule has 1 aromatic carbocycles. The molecule has 5 heteroatoms. The number of nitrogens with zero attached hydrogens (tertiary/aromatic N) is 1. The number of carbonyl (C=O) groups is 2. The smallest absolute Gasteiger partial charge is 0.224 e. The summed E-state index contributed by atoms with van der Waals surface area (Å²) in [7, 11) is 0. The Balaban J connectivity index is 2.02. The van der Waals surface area contributed by atoms with Crippen LogP contribution in [0.3, 0.4) is 0 Å². The van der Waals surface area contributed by atoms with Crippen molar-refractivity contribution in [2.24, 2.45) is 0 Å². The topological polar surface area (TPSA) is 71.1 Å². The molecule has 0 fully saturated rings. The van der Waals surface area contributed by atoms with Gasteiger partial charge in [0, 0.05) is 17.7 Å². The lowest BCUT2D eigenvalue weighted by Gasteiger charge is -2.07. The number of benzene rings is 1. The molecule has 21 heavy (non-hydrogen) atoms. The summed E-state index contributed by atoms with van der Waals surface area (Å²) in [6, 6.07) is 10.7. The van der Waals surface area contributed by atoms with Crippen molar-refractivity contribution in [2.45, 2.75) is 20.3 Å². The first-order valence-electron chi connectivity index (χ1n) is 6.72. The van der Waals surface area contributed by atoms with Crippen LogP contribution in [0.1, 0.15) is 30.6 Å². The molecule has 108 valence electrons. The summed E-state index contributed by atoms with van der Waals surface area (Å²) in [6.07, 6.45) is 2.03. The lowest BCUT2D eigenvalue weighted by atomic mass is 10.1. The quantitative estimate of drug-likeness (QED) is 0.825. The first-order valence-corrected chi connectivity index (χ1v) is 6.72. The van der Waals surface area contributed by atoms with Crippen LogP contribution in [0.15, 0.2) is 42.6 Å². The van der Waals surface area contributed by atoms with E-state index >= 15 is 0 Å². The van der Waals surface area contributed by atoms with Crippen LogP contribution in [-0.2, 0) is 4.79 Å². The predicted molar refractivity (Wildman–Crippen MR) is 82.9 cm³/mol. The van der Waals surface area contributed by atoms with Crippen LogP contribution in [0.5, 0.6) is 0 Å². The summed E-state index contributed by atoms with van der Waals surface area (Å²) in [4.78, 5) is 26.7. The van der Waals surface area contributed by atoms with Crippen LogP contribution in [0.4, 0.5) is 17.2 Å². The molecule has 1 amide bonds. The Bertz CT molecular complexity index is 634. The van der Waals surface area contributed by atoms with Crippen molar-refractivity contribution in [3.63, 3.8) is 0 Å². The molecule has 0 aliphatic rings. The fourth-order valence-corrected chi connectivity index (χ4v) is 1.73. The Morgan fingerprint density at radius 1 is 1.05 bits per heavy atom. The van der Waals surface area contributed by atoms with Crippen LogP contribution in [-0.4, -0.2) is 16.7 Å². The number of carbonyl (C=O) groups excluding carboxylic acids is 2. The van der Waals surface area contributed by atoms with Gasteiger partial charge in [-0.1, -0.05) is 6.92 Å². The van der Waals surface area contributed by atoms with Gasteiger partial charge < -0.3 is 10.6 Å². The van der Waals surface area contributed by atoms with Crippen LogP contribution >= 0.6 is 0 Å². The zero-order chi connectivity index (χ0) is 15.2. The molecule has 0 unspecified atom stereocenters. The second-order valence-electron chi connectivity index (χ2n) is 4.59. The lowest BCUT2D eigenvalue weighted by molar-refractivity contribution is -0.115. The standard InChI is InChI=1S/C16H17N3O2/c1-3-16(21)19-14-8-9-15(17-10-14)18-13-6-4-12(5-7-13)11(2)20/h4-10H,3H2,1-2H3,(H,17,18)(H,19,21). The Labute approximate surface area is 123 Å². The molecule has 0 atom stereocenters. The highest BCUT2D eigenvalue weighted by atomic mass is 16.1. The molecule has 0 aliphatic carbocycles. The van der Waals surface area contributed by atoms with Gasteiger partial charge in [0.15, 0.2) is 5.78 Å². The first kappa shape index (κ1) is 14.7.